The van der Waals surface area contributed by atoms with Gasteiger partial charge in [0.05, 0.1) is 17.8 Å². The molecule has 0 fully saturated rings. The standard InChI is InChI=1S/C17H18FN3/c1-3-21-17-7-5-4-6-14(17)16(20-21)11-19-13-9-8-12(2)15(18)10-13/h4-10,19H,3,11H2,1-2H3. The van der Waals surface area contributed by atoms with Crippen LogP contribution in [0.5, 0.6) is 0 Å². The fourth-order valence-corrected chi connectivity index (χ4v) is 2.46. The molecular weight excluding hydrogens is 265 g/mol. The Morgan fingerprint density at radius 1 is 1.19 bits per heavy atom. The van der Waals surface area contributed by atoms with E-state index in [1.807, 2.05) is 22.9 Å². The summed E-state index contributed by atoms with van der Waals surface area (Å²) in [4.78, 5) is 0. The molecule has 0 aliphatic carbocycles. The summed E-state index contributed by atoms with van der Waals surface area (Å²) < 4.78 is 15.5. The monoisotopic (exact) mass is 283 g/mol. The lowest BCUT2D eigenvalue weighted by Crippen LogP contribution is -2.03. The highest BCUT2D eigenvalue weighted by Crippen LogP contribution is 2.20. The van der Waals surface area contributed by atoms with Gasteiger partial charge >= 0.3 is 0 Å². The van der Waals surface area contributed by atoms with Gasteiger partial charge in [0.2, 0.25) is 0 Å². The summed E-state index contributed by atoms with van der Waals surface area (Å²) in [5.41, 5.74) is 3.54. The van der Waals surface area contributed by atoms with E-state index in [4.69, 9.17) is 0 Å². The van der Waals surface area contributed by atoms with Crippen LogP contribution in [0, 0.1) is 12.7 Å². The van der Waals surface area contributed by atoms with Crippen molar-refractivity contribution >= 4 is 16.6 Å². The molecule has 0 spiro atoms. The SMILES string of the molecule is CCn1nc(CNc2ccc(C)c(F)c2)c2ccccc21. The molecule has 1 N–H and O–H groups in total. The first-order chi connectivity index (χ1) is 10.2. The lowest BCUT2D eigenvalue weighted by molar-refractivity contribution is 0.619. The van der Waals surface area contributed by atoms with E-state index >= 15 is 0 Å². The van der Waals surface area contributed by atoms with Crippen LogP contribution in [0.25, 0.3) is 10.9 Å². The van der Waals surface area contributed by atoms with E-state index in [0.717, 1.165) is 28.8 Å². The van der Waals surface area contributed by atoms with Crippen LogP contribution in [0.1, 0.15) is 18.2 Å². The minimum Gasteiger partial charge on any atom is -0.379 e. The fourth-order valence-electron chi connectivity index (χ4n) is 2.46. The van der Waals surface area contributed by atoms with Gasteiger partial charge in [-0.3, -0.25) is 4.68 Å². The summed E-state index contributed by atoms with van der Waals surface area (Å²) in [5, 5.41) is 9.00. The largest absolute Gasteiger partial charge is 0.379 e. The number of nitrogens with one attached hydrogen (secondary N) is 1. The maximum absolute atomic E-state index is 13.6. The fraction of sp³-hybridized carbons (Fsp3) is 0.235. The first kappa shape index (κ1) is 13.6. The summed E-state index contributed by atoms with van der Waals surface area (Å²) in [5.74, 6) is -0.191. The molecule has 1 aromatic heterocycles. The topological polar surface area (TPSA) is 29.9 Å². The van der Waals surface area contributed by atoms with Gasteiger partial charge in [-0.25, -0.2) is 4.39 Å². The zero-order valence-electron chi connectivity index (χ0n) is 12.2. The van der Waals surface area contributed by atoms with Gasteiger partial charge in [0, 0.05) is 17.6 Å². The second kappa shape index (κ2) is 5.56. The molecule has 2 aromatic carbocycles. The Balaban J connectivity index is 1.86. The second-order valence-electron chi connectivity index (χ2n) is 5.10. The number of fused-ring (bicyclic) bond motifs is 1. The summed E-state index contributed by atoms with van der Waals surface area (Å²) >= 11 is 0. The Labute approximate surface area is 123 Å². The van der Waals surface area contributed by atoms with Gasteiger partial charge in [0.15, 0.2) is 0 Å². The van der Waals surface area contributed by atoms with E-state index in [0.29, 0.717) is 12.1 Å². The van der Waals surface area contributed by atoms with Crippen LogP contribution in [0.15, 0.2) is 42.5 Å². The van der Waals surface area contributed by atoms with E-state index in [-0.39, 0.29) is 5.82 Å². The van der Waals surface area contributed by atoms with Crippen molar-refractivity contribution in [3.05, 3.63) is 59.5 Å². The maximum atomic E-state index is 13.6. The molecule has 0 radical (unpaired) electrons. The van der Waals surface area contributed by atoms with Crippen LogP contribution >= 0.6 is 0 Å². The lowest BCUT2D eigenvalue weighted by Gasteiger charge is -2.06. The number of para-hydroxylation sites is 1. The predicted octanol–water partition coefficient (Wildman–Crippen LogP) is 4.12. The highest BCUT2D eigenvalue weighted by atomic mass is 19.1. The molecule has 3 rings (SSSR count). The molecule has 4 heteroatoms. The quantitative estimate of drug-likeness (QED) is 0.780. The molecule has 3 nitrogen and oxygen atoms in total. The number of benzene rings is 2. The van der Waals surface area contributed by atoms with Crippen LogP contribution in [-0.2, 0) is 13.1 Å². The third kappa shape index (κ3) is 2.61. The minimum atomic E-state index is -0.191. The third-order valence-corrected chi connectivity index (χ3v) is 3.67. The molecule has 0 saturated carbocycles. The molecule has 0 atom stereocenters. The van der Waals surface area contributed by atoms with Crippen LogP contribution in [0.3, 0.4) is 0 Å². The van der Waals surface area contributed by atoms with Crippen LogP contribution < -0.4 is 5.32 Å². The molecule has 0 saturated heterocycles. The van der Waals surface area contributed by atoms with Crippen molar-refractivity contribution in [2.24, 2.45) is 0 Å². The average Bonchev–Trinajstić information content (AvgIpc) is 2.87. The Hall–Kier alpha value is -2.36. The van der Waals surface area contributed by atoms with Crippen molar-refractivity contribution in [3.63, 3.8) is 0 Å². The zero-order valence-corrected chi connectivity index (χ0v) is 12.2. The molecular formula is C17H18FN3. The van der Waals surface area contributed by atoms with Gasteiger partial charge < -0.3 is 5.32 Å². The predicted molar refractivity (Wildman–Crippen MR) is 83.9 cm³/mol. The lowest BCUT2D eigenvalue weighted by atomic mass is 10.2. The first-order valence-corrected chi connectivity index (χ1v) is 7.13. The van der Waals surface area contributed by atoms with E-state index in [1.54, 1.807) is 13.0 Å². The first-order valence-electron chi connectivity index (χ1n) is 7.13. The number of aryl methyl sites for hydroxylation is 2. The molecule has 0 unspecified atom stereocenters. The third-order valence-electron chi connectivity index (χ3n) is 3.67. The maximum Gasteiger partial charge on any atom is 0.128 e. The van der Waals surface area contributed by atoms with Crippen molar-refractivity contribution in [1.82, 2.24) is 9.78 Å². The summed E-state index contributed by atoms with van der Waals surface area (Å²) in [6, 6.07) is 13.4. The number of nitrogens with zero attached hydrogens (tertiary/aromatic N) is 2. The Bertz CT molecular complexity index is 777. The van der Waals surface area contributed by atoms with Crippen molar-refractivity contribution in [3.8, 4) is 0 Å². The van der Waals surface area contributed by atoms with Gasteiger partial charge in [-0.05, 0) is 37.6 Å². The van der Waals surface area contributed by atoms with Gasteiger partial charge in [-0.2, -0.15) is 5.10 Å². The molecule has 3 aromatic rings. The van der Waals surface area contributed by atoms with Gasteiger partial charge in [-0.15, -0.1) is 0 Å². The number of anilines is 1. The molecule has 0 amide bonds. The Morgan fingerprint density at radius 2 is 2.00 bits per heavy atom. The Morgan fingerprint density at radius 3 is 2.76 bits per heavy atom. The van der Waals surface area contributed by atoms with Crippen molar-refractivity contribution in [2.75, 3.05) is 5.32 Å². The highest BCUT2D eigenvalue weighted by Gasteiger charge is 2.09. The number of hydrogen-bond acceptors (Lipinski definition) is 2. The van der Waals surface area contributed by atoms with Gasteiger partial charge in [0.25, 0.3) is 0 Å². The van der Waals surface area contributed by atoms with Crippen LogP contribution in [0.4, 0.5) is 10.1 Å². The molecule has 0 aliphatic heterocycles. The number of hydrogen-bond donors (Lipinski definition) is 1. The van der Waals surface area contributed by atoms with Crippen molar-refractivity contribution in [2.45, 2.75) is 26.9 Å². The zero-order chi connectivity index (χ0) is 14.8. The average molecular weight is 283 g/mol. The van der Waals surface area contributed by atoms with Gasteiger partial charge in [-0.1, -0.05) is 24.3 Å². The summed E-state index contributed by atoms with van der Waals surface area (Å²) in [6.45, 7) is 5.25. The number of halogens is 1. The Kier molecular flexibility index (Phi) is 3.60. The number of rotatable bonds is 4. The summed E-state index contributed by atoms with van der Waals surface area (Å²) in [7, 11) is 0. The van der Waals surface area contributed by atoms with E-state index in [1.165, 1.54) is 6.07 Å². The molecule has 1 heterocycles. The smallest absolute Gasteiger partial charge is 0.128 e. The molecule has 21 heavy (non-hydrogen) atoms. The van der Waals surface area contributed by atoms with E-state index < -0.39 is 0 Å². The van der Waals surface area contributed by atoms with Crippen molar-refractivity contribution < 1.29 is 4.39 Å². The molecule has 0 bridgehead atoms. The molecule has 108 valence electrons. The summed E-state index contributed by atoms with van der Waals surface area (Å²) in [6.07, 6.45) is 0. The normalized spacial score (nSPS) is 11.0. The number of aromatic nitrogens is 2. The second-order valence-corrected chi connectivity index (χ2v) is 5.10. The highest BCUT2D eigenvalue weighted by molar-refractivity contribution is 5.82. The van der Waals surface area contributed by atoms with Crippen LogP contribution in [-0.4, -0.2) is 9.78 Å². The van der Waals surface area contributed by atoms with E-state index in [9.17, 15) is 4.39 Å². The van der Waals surface area contributed by atoms with E-state index in [2.05, 4.69) is 29.5 Å². The minimum absolute atomic E-state index is 0.191. The molecule has 0 aliphatic rings. The van der Waals surface area contributed by atoms with Crippen LogP contribution in [0.2, 0.25) is 0 Å². The van der Waals surface area contributed by atoms with Crippen molar-refractivity contribution in [1.29, 1.82) is 0 Å². The van der Waals surface area contributed by atoms with Gasteiger partial charge in [0.1, 0.15) is 5.82 Å².